The number of benzene rings is 2. The summed E-state index contributed by atoms with van der Waals surface area (Å²) in [5.74, 6) is -0.237. The molecule has 2 aromatic carbocycles. The first-order valence-corrected chi connectivity index (χ1v) is 12.1. The fraction of sp³-hybridized carbons (Fsp3) is 0.385. The highest BCUT2D eigenvalue weighted by atomic mass is 35.5. The Balaban J connectivity index is 1.81. The number of hydrogen-bond donors (Lipinski definition) is 1. The fourth-order valence-corrected chi connectivity index (χ4v) is 4.23. The topological polar surface area (TPSA) is 56.4 Å². The molecule has 3 aromatic rings. The lowest BCUT2D eigenvalue weighted by Crippen LogP contribution is -2.44. The predicted molar refractivity (Wildman–Crippen MR) is 136 cm³/mol. The first-order valence-electron chi connectivity index (χ1n) is 11.4. The molecular weight excluding hydrogens is 457 g/mol. The summed E-state index contributed by atoms with van der Waals surface area (Å²) in [7, 11) is 0. The lowest BCUT2D eigenvalue weighted by Gasteiger charge is -2.29. The van der Waals surface area contributed by atoms with E-state index in [-0.39, 0.29) is 24.3 Å². The van der Waals surface area contributed by atoms with Crippen molar-refractivity contribution >= 4 is 45.9 Å². The van der Waals surface area contributed by atoms with Crippen LogP contribution in [0.1, 0.15) is 38.3 Å². The number of nitrogens with one attached hydrogen (secondary N) is 1. The van der Waals surface area contributed by atoms with Crippen molar-refractivity contribution in [3.63, 3.8) is 0 Å². The molecule has 0 aliphatic heterocycles. The van der Waals surface area contributed by atoms with E-state index in [1.807, 2.05) is 51.2 Å². The number of carbonyl (C=O) groups is 2. The van der Waals surface area contributed by atoms with Crippen LogP contribution in [-0.4, -0.2) is 46.2 Å². The molecule has 0 bridgehead atoms. The highest BCUT2D eigenvalue weighted by molar-refractivity contribution is 6.42. The largest absolute Gasteiger partial charge is 0.361 e. The van der Waals surface area contributed by atoms with Crippen molar-refractivity contribution < 1.29 is 9.59 Å². The molecule has 33 heavy (non-hydrogen) atoms. The Kier molecular flexibility index (Phi) is 8.81. The van der Waals surface area contributed by atoms with Gasteiger partial charge in [-0.15, -0.1) is 0 Å². The van der Waals surface area contributed by atoms with E-state index in [2.05, 4.69) is 11.1 Å². The molecule has 0 aliphatic rings. The molecule has 176 valence electrons. The van der Waals surface area contributed by atoms with Gasteiger partial charge < -0.3 is 14.8 Å². The molecule has 0 saturated carbocycles. The molecule has 0 saturated heterocycles. The van der Waals surface area contributed by atoms with E-state index in [1.54, 1.807) is 21.9 Å². The van der Waals surface area contributed by atoms with E-state index in [0.717, 1.165) is 28.5 Å². The third-order valence-electron chi connectivity index (χ3n) is 5.66. The summed E-state index contributed by atoms with van der Waals surface area (Å²) in [5, 5.41) is 2.09. The van der Waals surface area contributed by atoms with Crippen LogP contribution in [0.3, 0.4) is 0 Å². The Hall–Kier alpha value is -2.50. The zero-order chi connectivity index (χ0) is 24.0. The predicted octanol–water partition coefficient (Wildman–Crippen LogP) is 5.94. The molecule has 1 N–H and O–H groups in total. The smallest absolute Gasteiger partial charge is 0.242 e. The number of para-hydroxylation sites is 1. The maximum atomic E-state index is 13.4. The van der Waals surface area contributed by atoms with Gasteiger partial charge in [0.2, 0.25) is 11.8 Å². The van der Waals surface area contributed by atoms with Gasteiger partial charge in [0.25, 0.3) is 0 Å². The van der Waals surface area contributed by atoms with Crippen LogP contribution in [0.2, 0.25) is 10.0 Å². The highest BCUT2D eigenvalue weighted by Crippen LogP contribution is 2.24. The number of aromatic nitrogens is 1. The van der Waals surface area contributed by atoms with Gasteiger partial charge in [-0.1, -0.05) is 68.2 Å². The Morgan fingerprint density at radius 3 is 2.45 bits per heavy atom. The minimum atomic E-state index is -0.154. The number of aromatic amines is 1. The van der Waals surface area contributed by atoms with E-state index in [0.29, 0.717) is 36.1 Å². The second-order valence-corrected chi connectivity index (χ2v) is 9.40. The fourth-order valence-electron chi connectivity index (χ4n) is 3.91. The minimum absolute atomic E-state index is 0.00341. The normalized spacial score (nSPS) is 11.2. The summed E-state index contributed by atoms with van der Waals surface area (Å²) in [5.41, 5.74) is 3.13. The molecule has 1 aromatic heterocycles. The van der Waals surface area contributed by atoms with Gasteiger partial charge in [-0.25, -0.2) is 0 Å². The standard InChI is InChI=1S/C26H31Cl2N3O2/c1-4-12-31(26(33)18(2)3)17-25(32)30(16-19-9-10-22(27)23(28)14-19)13-11-20-15-29-24-8-6-5-7-21(20)24/h5-10,14-15,18,29H,4,11-13,16-17H2,1-3H3. The Labute approximate surface area is 205 Å². The monoisotopic (exact) mass is 487 g/mol. The summed E-state index contributed by atoms with van der Waals surface area (Å²) >= 11 is 12.3. The third-order valence-corrected chi connectivity index (χ3v) is 6.40. The summed E-state index contributed by atoms with van der Waals surface area (Å²) in [4.78, 5) is 32.8. The number of nitrogens with zero attached hydrogens (tertiary/aromatic N) is 2. The Morgan fingerprint density at radius 2 is 1.76 bits per heavy atom. The average molecular weight is 488 g/mol. The van der Waals surface area contributed by atoms with Crippen molar-refractivity contribution in [2.75, 3.05) is 19.6 Å². The van der Waals surface area contributed by atoms with Crippen LogP contribution in [0, 0.1) is 5.92 Å². The van der Waals surface area contributed by atoms with Gasteiger partial charge in [-0.05, 0) is 42.2 Å². The van der Waals surface area contributed by atoms with Crippen LogP contribution in [0.5, 0.6) is 0 Å². The van der Waals surface area contributed by atoms with E-state index < -0.39 is 0 Å². The molecule has 0 atom stereocenters. The maximum Gasteiger partial charge on any atom is 0.242 e. The molecule has 2 amide bonds. The molecule has 1 heterocycles. The average Bonchev–Trinajstić information content (AvgIpc) is 3.21. The third kappa shape index (κ3) is 6.52. The van der Waals surface area contributed by atoms with E-state index in [9.17, 15) is 9.59 Å². The van der Waals surface area contributed by atoms with Gasteiger partial charge in [-0.3, -0.25) is 9.59 Å². The number of amides is 2. The minimum Gasteiger partial charge on any atom is -0.361 e. The van der Waals surface area contributed by atoms with Gasteiger partial charge in [0.05, 0.1) is 16.6 Å². The van der Waals surface area contributed by atoms with Crippen molar-refractivity contribution in [3.8, 4) is 0 Å². The Bertz CT molecular complexity index is 1110. The van der Waals surface area contributed by atoms with Crippen molar-refractivity contribution in [1.29, 1.82) is 0 Å². The molecule has 0 spiro atoms. The first-order chi connectivity index (χ1) is 15.8. The van der Waals surface area contributed by atoms with Crippen LogP contribution in [0.15, 0.2) is 48.7 Å². The van der Waals surface area contributed by atoms with Crippen molar-refractivity contribution in [2.45, 2.75) is 40.2 Å². The number of halogens is 2. The summed E-state index contributed by atoms with van der Waals surface area (Å²) in [6.45, 7) is 7.28. The summed E-state index contributed by atoms with van der Waals surface area (Å²) < 4.78 is 0. The first kappa shape index (κ1) is 25.1. The molecular formula is C26H31Cl2N3O2. The Morgan fingerprint density at radius 1 is 1.00 bits per heavy atom. The second kappa shape index (κ2) is 11.6. The van der Waals surface area contributed by atoms with Gasteiger partial charge in [0, 0.05) is 42.7 Å². The van der Waals surface area contributed by atoms with Crippen LogP contribution in [0.4, 0.5) is 0 Å². The van der Waals surface area contributed by atoms with Gasteiger partial charge >= 0.3 is 0 Å². The van der Waals surface area contributed by atoms with Crippen LogP contribution < -0.4 is 0 Å². The maximum absolute atomic E-state index is 13.4. The van der Waals surface area contributed by atoms with Gasteiger partial charge in [0.15, 0.2) is 0 Å². The van der Waals surface area contributed by atoms with Gasteiger partial charge in [0.1, 0.15) is 0 Å². The van der Waals surface area contributed by atoms with Crippen molar-refractivity contribution in [1.82, 2.24) is 14.8 Å². The van der Waals surface area contributed by atoms with Crippen molar-refractivity contribution in [2.24, 2.45) is 5.92 Å². The SMILES string of the molecule is CCCN(CC(=O)N(CCc1c[nH]c2ccccc12)Cc1ccc(Cl)c(Cl)c1)C(=O)C(C)C. The van der Waals surface area contributed by atoms with Crippen LogP contribution in [0.25, 0.3) is 10.9 Å². The number of rotatable bonds is 10. The molecule has 0 aliphatic carbocycles. The molecule has 7 heteroatoms. The number of fused-ring (bicyclic) bond motifs is 1. The van der Waals surface area contributed by atoms with Crippen LogP contribution in [-0.2, 0) is 22.6 Å². The van der Waals surface area contributed by atoms with E-state index in [4.69, 9.17) is 23.2 Å². The quantitative estimate of drug-likeness (QED) is 0.384. The summed E-state index contributed by atoms with van der Waals surface area (Å²) in [6, 6.07) is 13.5. The zero-order valence-electron chi connectivity index (χ0n) is 19.4. The van der Waals surface area contributed by atoms with E-state index >= 15 is 0 Å². The second-order valence-electron chi connectivity index (χ2n) is 8.59. The molecule has 0 radical (unpaired) electrons. The van der Waals surface area contributed by atoms with Crippen LogP contribution >= 0.6 is 23.2 Å². The number of H-pyrrole nitrogens is 1. The highest BCUT2D eigenvalue weighted by Gasteiger charge is 2.23. The molecule has 0 unspecified atom stereocenters. The lowest BCUT2D eigenvalue weighted by molar-refractivity contribution is -0.142. The summed E-state index contributed by atoms with van der Waals surface area (Å²) in [6.07, 6.45) is 3.50. The lowest BCUT2D eigenvalue weighted by atomic mass is 10.1. The number of carbonyl (C=O) groups excluding carboxylic acids is 2. The molecule has 3 rings (SSSR count). The van der Waals surface area contributed by atoms with Gasteiger partial charge in [-0.2, -0.15) is 0 Å². The number of hydrogen-bond acceptors (Lipinski definition) is 2. The zero-order valence-corrected chi connectivity index (χ0v) is 20.9. The molecule has 5 nitrogen and oxygen atoms in total. The van der Waals surface area contributed by atoms with Crippen molar-refractivity contribution in [3.05, 3.63) is 69.8 Å². The molecule has 0 fully saturated rings. The van der Waals surface area contributed by atoms with E-state index in [1.165, 1.54) is 0 Å².